The Kier molecular flexibility index (Phi) is 5.47. The molecule has 1 amide bonds. The van der Waals surface area contributed by atoms with Gasteiger partial charge in [0.15, 0.2) is 0 Å². The van der Waals surface area contributed by atoms with Crippen LogP contribution < -0.4 is 5.32 Å². The highest BCUT2D eigenvalue weighted by atomic mass is 16.3. The number of hydrogen-bond donors (Lipinski definition) is 1. The minimum absolute atomic E-state index is 0.0225. The van der Waals surface area contributed by atoms with Gasteiger partial charge in [-0.1, -0.05) is 5.92 Å². The molecule has 0 aliphatic carbocycles. The highest BCUT2D eigenvalue weighted by molar-refractivity contribution is 5.78. The van der Waals surface area contributed by atoms with E-state index >= 15 is 0 Å². The van der Waals surface area contributed by atoms with E-state index in [1.54, 1.807) is 4.90 Å². The molecule has 1 N–H and O–H groups in total. The molecule has 0 aromatic carbocycles. The monoisotopic (exact) mass is 248 g/mol. The van der Waals surface area contributed by atoms with E-state index in [1.807, 2.05) is 32.9 Å². The van der Waals surface area contributed by atoms with E-state index in [1.165, 1.54) is 0 Å². The van der Waals surface area contributed by atoms with Crippen LogP contribution in [0.1, 0.15) is 25.4 Å². The fourth-order valence-corrected chi connectivity index (χ4v) is 1.64. The summed E-state index contributed by atoms with van der Waals surface area (Å²) in [7, 11) is 0. The number of carbonyl (C=O) groups excluding carboxylic acids is 1. The van der Waals surface area contributed by atoms with Gasteiger partial charge in [-0.3, -0.25) is 10.1 Å². The molecular weight excluding hydrogens is 228 g/mol. The highest BCUT2D eigenvalue weighted by Gasteiger charge is 2.18. The van der Waals surface area contributed by atoms with Gasteiger partial charge in [0.1, 0.15) is 11.5 Å². The number of terminal acetylenes is 1. The molecule has 1 aromatic rings. The summed E-state index contributed by atoms with van der Waals surface area (Å²) in [6.45, 7) is 6.99. The topological polar surface area (TPSA) is 45.5 Å². The third-order valence-electron chi connectivity index (χ3n) is 2.57. The first-order valence-electron chi connectivity index (χ1n) is 6.03. The number of amides is 1. The van der Waals surface area contributed by atoms with Crippen molar-refractivity contribution in [3.63, 3.8) is 0 Å². The van der Waals surface area contributed by atoms with Gasteiger partial charge in [0, 0.05) is 6.04 Å². The van der Waals surface area contributed by atoms with Gasteiger partial charge in [0.05, 0.1) is 19.6 Å². The van der Waals surface area contributed by atoms with Crippen LogP contribution in [-0.4, -0.2) is 29.9 Å². The second kappa shape index (κ2) is 6.87. The second-order valence-electron chi connectivity index (χ2n) is 4.44. The third kappa shape index (κ3) is 4.27. The zero-order valence-corrected chi connectivity index (χ0v) is 11.2. The minimum Gasteiger partial charge on any atom is -0.464 e. The van der Waals surface area contributed by atoms with Crippen LogP contribution in [0.5, 0.6) is 0 Å². The summed E-state index contributed by atoms with van der Waals surface area (Å²) in [5, 5.41) is 2.90. The molecule has 1 aromatic heterocycles. The molecule has 0 radical (unpaired) electrons. The van der Waals surface area contributed by atoms with Crippen molar-refractivity contribution in [1.29, 1.82) is 0 Å². The molecule has 0 spiro atoms. The third-order valence-corrected chi connectivity index (χ3v) is 2.57. The average molecular weight is 248 g/mol. The predicted octanol–water partition coefficient (Wildman–Crippen LogP) is 1.55. The molecule has 1 heterocycles. The number of carbonyl (C=O) groups is 1. The largest absolute Gasteiger partial charge is 0.464 e. The number of aryl methyl sites for hydroxylation is 1. The molecule has 0 fully saturated rings. The van der Waals surface area contributed by atoms with E-state index in [-0.39, 0.29) is 18.5 Å². The van der Waals surface area contributed by atoms with E-state index in [2.05, 4.69) is 11.2 Å². The molecule has 0 bridgehead atoms. The van der Waals surface area contributed by atoms with E-state index in [4.69, 9.17) is 10.8 Å². The first-order chi connectivity index (χ1) is 8.54. The van der Waals surface area contributed by atoms with Gasteiger partial charge in [-0.05, 0) is 32.9 Å². The summed E-state index contributed by atoms with van der Waals surface area (Å²) < 4.78 is 5.49. The molecule has 0 unspecified atom stereocenters. The molecule has 4 nitrogen and oxygen atoms in total. The summed E-state index contributed by atoms with van der Waals surface area (Å²) in [6.07, 6.45) is 5.12. The highest BCUT2D eigenvalue weighted by Crippen LogP contribution is 2.11. The van der Waals surface area contributed by atoms with Gasteiger partial charge in [-0.2, -0.15) is 0 Å². The van der Waals surface area contributed by atoms with Crippen LogP contribution in [-0.2, 0) is 11.3 Å². The van der Waals surface area contributed by atoms with Crippen molar-refractivity contribution in [2.24, 2.45) is 0 Å². The van der Waals surface area contributed by atoms with Crippen molar-refractivity contribution >= 4 is 5.91 Å². The molecular formula is C14H20N2O2. The van der Waals surface area contributed by atoms with Crippen molar-refractivity contribution in [1.82, 2.24) is 10.2 Å². The van der Waals surface area contributed by atoms with Crippen LogP contribution in [0, 0.1) is 19.3 Å². The van der Waals surface area contributed by atoms with Crippen molar-refractivity contribution in [2.45, 2.75) is 33.4 Å². The quantitative estimate of drug-likeness (QED) is 0.613. The first kappa shape index (κ1) is 14.3. The summed E-state index contributed by atoms with van der Waals surface area (Å²) in [5.74, 6) is 4.12. The molecule has 0 saturated heterocycles. The van der Waals surface area contributed by atoms with Crippen LogP contribution in [0.2, 0.25) is 0 Å². The SMILES string of the molecule is C#CCNCC(=O)N(Cc1ccc(C)o1)C(C)C. The Hall–Kier alpha value is -1.73. The van der Waals surface area contributed by atoms with Crippen LogP contribution in [0.4, 0.5) is 0 Å². The Morgan fingerprint density at radius 2 is 2.28 bits per heavy atom. The maximum atomic E-state index is 12.0. The summed E-state index contributed by atoms with van der Waals surface area (Å²) in [4.78, 5) is 13.8. The van der Waals surface area contributed by atoms with Gasteiger partial charge in [-0.25, -0.2) is 0 Å². The molecule has 0 aliphatic rings. The number of nitrogens with zero attached hydrogens (tertiary/aromatic N) is 1. The van der Waals surface area contributed by atoms with Gasteiger partial charge >= 0.3 is 0 Å². The Morgan fingerprint density at radius 3 is 2.78 bits per heavy atom. The smallest absolute Gasteiger partial charge is 0.237 e. The van der Waals surface area contributed by atoms with Crippen molar-refractivity contribution in [2.75, 3.05) is 13.1 Å². The van der Waals surface area contributed by atoms with Gasteiger partial charge in [-0.15, -0.1) is 6.42 Å². The van der Waals surface area contributed by atoms with Crippen LogP contribution >= 0.6 is 0 Å². The molecule has 0 saturated carbocycles. The minimum atomic E-state index is 0.0225. The summed E-state index contributed by atoms with van der Waals surface area (Å²) in [5.41, 5.74) is 0. The standard InChI is InChI=1S/C14H20N2O2/c1-5-8-15-9-14(17)16(11(2)3)10-13-7-6-12(4)18-13/h1,6-7,11,15H,8-10H2,2-4H3. The van der Waals surface area contributed by atoms with Crippen molar-refractivity contribution < 1.29 is 9.21 Å². The van der Waals surface area contributed by atoms with Crippen molar-refractivity contribution in [3.8, 4) is 12.3 Å². The number of rotatable bonds is 6. The molecule has 0 atom stereocenters. The van der Waals surface area contributed by atoms with Crippen LogP contribution in [0.3, 0.4) is 0 Å². The van der Waals surface area contributed by atoms with E-state index < -0.39 is 0 Å². The molecule has 18 heavy (non-hydrogen) atoms. The van der Waals surface area contributed by atoms with E-state index in [0.29, 0.717) is 13.1 Å². The summed E-state index contributed by atoms with van der Waals surface area (Å²) in [6, 6.07) is 3.91. The molecule has 4 heteroatoms. The zero-order valence-electron chi connectivity index (χ0n) is 11.2. The predicted molar refractivity (Wildman–Crippen MR) is 70.8 cm³/mol. The lowest BCUT2D eigenvalue weighted by Crippen LogP contribution is -2.41. The number of nitrogens with one attached hydrogen (secondary N) is 1. The fourth-order valence-electron chi connectivity index (χ4n) is 1.64. The van der Waals surface area contributed by atoms with Gasteiger partial charge < -0.3 is 9.32 Å². The Balaban J connectivity index is 2.59. The second-order valence-corrected chi connectivity index (χ2v) is 4.44. The van der Waals surface area contributed by atoms with Gasteiger partial charge in [0.2, 0.25) is 5.91 Å². The van der Waals surface area contributed by atoms with Gasteiger partial charge in [0.25, 0.3) is 0 Å². The Morgan fingerprint density at radius 1 is 1.56 bits per heavy atom. The average Bonchev–Trinajstić information content (AvgIpc) is 2.71. The lowest BCUT2D eigenvalue weighted by Gasteiger charge is -2.25. The number of hydrogen-bond acceptors (Lipinski definition) is 3. The number of furan rings is 1. The van der Waals surface area contributed by atoms with Crippen LogP contribution in [0.15, 0.2) is 16.5 Å². The first-order valence-corrected chi connectivity index (χ1v) is 6.03. The molecule has 0 aliphatic heterocycles. The lowest BCUT2D eigenvalue weighted by molar-refractivity contribution is -0.132. The molecule has 1 rings (SSSR count). The van der Waals surface area contributed by atoms with Crippen LogP contribution in [0.25, 0.3) is 0 Å². The fraction of sp³-hybridized carbons (Fsp3) is 0.500. The lowest BCUT2D eigenvalue weighted by atomic mass is 10.3. The maximum absolute atomic E-state index is 12.0. The Labute approximate surface area is 108 Å². The summed E-state index contributed by atoms with van der Waals surface area (Å²) >= 11 is 0. The maximum Gasteiger partial charge on any atom is 0.237 e. The van der Waals surface area contributed by atoms with E-state index in [9.17, 15) is 4.79 Å². The normalized spacial score (nSPS) is 10.4. The molecule has 98 valence electrons. The van der Waals surface area contributed by atoms with Crippen molar-refractivity contribution in [3.05, 3.63) is 23.7 Å². The zero-order chi connectivity index (χ0) is 13.5. The Bertz CT molecular complexity index is 429. The van der Waals surface area contributed by atoms with E-state index in [0.717, 1.165) is 11.5 Å².